The maximum absolute atomic E-state index is 5.94. The van der Waals surface area contributed by atoms with Gasteiger partial charge < -0.3 is 10.5 Å². The molecule has 2 nitrogen and oxygen atoms in total. The topological polar surface area (TPSA) is 35.2 Å². The van der Waals surface area contributed by atoms with Crippen molar-refractivity contribution in [1.29, 1.82) is 0 Å². The van der Waals surface area contributed by atoms with Crippen LogP contribution in [0.15, 0.2) is 30.3 Å². The molecule has 0 saturated heterocycles. The van der Waals surface area contributed by atoms with Crippen LogP contribution in [0.2, 0.25) is 0 Å². The molecule has 2 N–H and O–H groups in total. The fourth-order valence-corrected chi connectivity index (χ4v) is 1.98. The Morgan fingerprint density at radius 3 is 2.40 bits per heavy atom. The summed E-state index contributed by atoms with van der Waals surface area (Å²) in [7, 11) is 1.74. The Morgan fingerprint density at radius 2 is 1.93 bits per heavy atom. The van der Waals surface area contributed by atoms with E-state index in [0.29, 0.717) is 6.54 Å². The molecule has 1 unspecified atom stereocenters. The van der Waals surface area contributed by atoms with Gasteiger partial charge in [-0.05, 0) is 18.4 Å². The first kappa shape index (κ1) is 12.2. The molecule has 15 heavy (non-hydrogen) atoms. The van der Waals surface area contributed by atoms with Crippen LogP contribution in [0, 0.1) is 0 Å². The predicted octanol–water partition coefficient (Wildman–Crippen LogP) is 2.33. The highest BCUT2D eigenvalue weighted by molar-refractivity contribution is 5.25. The van der Waals surface area contributed by atoms with Crippen molar-refractivity contribution in [2.24, 2.45) is 5.73 Å². The molecule has 2 heteroatoms. The summed E-state index contributed by atoms with van der Waals surface area (Å²) in [5.74, 6) is 0. The predicted molar refractivity (Wildman–Crippen MR) is 64.0 cm³/mol. The molecule has 0 aromatic heterocycles. The zero-order chi connectivity index (χ0) is 11.1. The Bertz CT molecular complexity index is 267. The number of rotatable bonds is 6. The lowest BCUT2D eigenvalue weighted by Gasteiger charge is -2.31. The van der Waals surface area contributed by atoms with Crippen molar-refractivity contribution < 1.29 is 4.74 Å². The van der Waals surface area contributed by atoms with E-state index in [1.807, 2.05) is 6.07 Å². The molecular formula is C13H21NO. The summed E-state index contributed by atoms with van der Waals surface area (Å²) in [5, 5.41) is 0. The Kier molecular flexibility index (Phi) is 4.79. The fourth-order valence-electron chi connectivity index (χ4n) is 1.98. The van der Waals surface area contributed by atoms with Gasteiger partial charge in [0.1, 0.15) is 0 Å². The van der Waals surface area contributed by atoms with Gasteiger partial charge in [-0.2, -0.15) is 0 Å². The molecule has 0 aliphatic rings. The first-order chi connectivity index (χ1) is 7.29. The maximum atomic E-state index is 5.94. The van der Waals surface area contributed by atoms with E-state index >= 15 is 0 Å². The molecule has 1 aromatic rings. The summed E-state index contributed by atoms with van der Waals surface area (Å²) in [6.07, 6.45) is 2.04. The summed E-state index contributed by atoms with van der Waals surface area (Å²) in [5.41, 5.74) is 7.34. The van der Waals surface area contributed by atoms with E-state index in [0.717, 1.165) is 19.4 Å². The van der Waals surface area contributed by atoms with Crippen LogP contribution in [-0.4, -0.2) is 20.3 Å². The Labute approximate surface area is 92.4 Å². The smallest absolute Gasteiger partial charge is 0.0471 e. The SMILES string of the molecule is CCC(CN)(CCOC)c1ccccc1. The third-order valence-corrected chi connectivity index (χ3v) is 3.24. The van der Waals surface area contributed by atoms with Crippen molar-refractivity contribution in [1.82, 2.24) is 0 Å². The van der Waals surface area contributed by atoms with Crippen LogP contribution in [-0.2, 0) is 10.2 Å². The molecule has 1 aromatic carbocycles. The molecule has 0 aliphatic heterocycles. The molecular weight excluding hydrogens is 186 g/mol. The largest absolute Gasteiger partial charge is 0.385 e. The molecule has 0 bridgehead atoms. The van der Waals surface area contributed by atoms with Crippen molar-refractivity contribution in [3.63, 3.8) is 0 Å². The van der Waals surface area contributed by atoms with Crippen LogP contribution < -0.4 is 5.73 Å². The number of hydrogen-bond acceptors (Lipinski definition) is 2. The standard InChI is InChI=1S/C13H21NO/c1-3-13(11-14,9-10-15-2)12-7-5-4-6-8-12/h4-8H,3,9-11,14H2,1-2H3. The Balaban J connectivity index is 2.89. The van der Waals surface area contributed by atoms with Crippen molar-refractivity contribution in [2.45, 2.75) is 25.2 Å². The molecule has 84 valence electrons. The van der Waals surface area contributed by atoms with Crippen molar-refractivity contribution >= 4 is 0 Å². The highest BCUT2D eigenvalue weighted by Crippen LogP contribution is 2.30. The van der Waals surface area contributed by atoms with Gasteiger partial charge in [-0.25, -0.2) is 0 Å². The van der Waals surface area contributed by atoms with Crippen molar-refractivity contribution in [3.8, 4) is 0 Å². The van der Waals surface area contributed by atoms with Crippen LogP contribution in [0.1, 0.15) is 25.3 Å². The van der Waals surface area contributed by atoms with E-state index in [4.69, 9.17) is 10.5 Å². The van der Waals surface area contributed by atoms with Gasteiger partial charge in [-0.1, -0.05) is 37.3 Å². The maximum Gasteiger partial charge on any atom is 0.0471 e. The van der Waals surface area contributed by atoms with Gasteiger partial charge in [0.25, 0.3) is 0 Å². The number of hydrogen-bond donors (Lipinski definition) is 1. The lowest BCUT2D eigenvalue weighted by molar-refractivity contribution is 0.166. The average molecular weight is 207 g/mol. The van der Waals surface area contributed by atoms with Crippen molar-refractivity contribution in [3.05, 3.63) is 35.9 Å². The summed E-state index contributed by atoms with van der Waals surface area (Å²) < 4.78 is 5.17. The minimum absolute atomic E-state index is 0.0806. The number of benzene rings is 1. The number of ether oxygens (including phenoxy) is 1. The zero-order valence-corrected chi connectivity index (χ0v) is 9.70. The zero-order valence-electron chi connectivity index (χ0n) is 9.70. The minimum Gasteiger partial charge on any atom is -0.385 e. The third-order valence-electron chi connectivity index (χ3n) is 3.24. The first-order valence-electron chi connectivity index (χ1n) is 5.53. The van der Waals surface area contributed by atoms with Crippen LogP contribution >= 0.6 is 0 Å². The monoisotopic (exact) mass is 207 g/mol. The van der Waals surface area contributed by atoms with Crippen LogP contribution in [0.4, 0.5) is 0 Å². The Hall–Kier alpha value is -0.860. The highest BCUT2D eigenvalue weighted by Gasteiger charge is 2.27. The van der Waals surface area contributed by atoms with E-state index < -0.39 is 0 Å². The van der Waals surface area contributed by atoms with E-state index in [1.54, 1.807) is 7.11 Å². The van der Waals surface area contributed by atoms with Gasteiger partial charge in [-0.15, -0.1) is 0 Å². The molecule has 1 atom stereocenters. The average Bonchev–Trinajstić information content (AvgIpc) is 2.33. The summed E-state index contributed by atoms with van der Waals surface area (Å²) in [4.78, 5) is 0. The van der Waals surface area contributed by atoms with E-state index in [2.05, 4.69) is 31.2 Å². The quantitative estimate of drug-likeness (QED) is 0.777. The summed E-state index contributed by atoms with van der Waals surface area (Å²) >= 11 is 0. The molecule has 0 spiro atoms. The van der Waals surface area contributed by atoms with E-state index in [9.17, 15) is 0 Å². The lowest BCUT2D eigenvalue weighted by Crippen LogP contribution is -2.35. The van der Waals surface area contributed by atoms with Gasteiger partial charge in [0.2, 0.25) is 0 Å². The molecule has 0 radical (unpaired) electrons. The Morgan fingerprint density at radius 1 is 1.27 bits per heavy atom. The van der Waals surface area contributed by atoms with Crippen molar-refractivity contribution in [2.75, 3.05) is 20.3 Å². The first-order valence-corrected chi connectivity index (χ1v) is 5.53. The second-order valence-electron chi connectivity index (χ2n) is 3.95. The van der Waals surface area contributed by atoms with E-state index in [-0.39, 0.29) is 5.41 Å². The molecule has 0 amide bonds. The lowest BCUT2D eigenvalue weighted by atomic mass is 9.75. The van der Waals surface area contributed by atoms with Gasteiger partial charge in [0.15, 0.2) is 0 Å². The van der Waals surface area contributed by atoms with Crippen LogP contribution in [0.5, 0.6) is 0 Å². The summed E-state index contributed by atoms with van der Waals surface area (Å²) in [6, 6.07) is 10.5. The number of methoxy groups -OCH3 is 1. The molecule has 0 aliphatic carbocycles. The van der Waals surface area contributed by atoms with Gasteiger partial charge in [-0.3, -0.25) is 0 Å². The number of nitrogens with two attached hydrogens (primary N) is 1. The highest BCUT2D eigenvalue weighted by atomic mass is 16.5. The van der Waals surface area contributed by atoms with Crippen LogP contribution in [0.3, 0.4) is 0 Å². The molecule has 0 fully saturated rings. The van der Waals surface area contributed by atoms with E-state index in [1.165, 1.54) is 5.56 Å². The molecule has 0 heterocycles. The normalized spacial score (nSPS) is 14.9. The molecule has 0 saturated carbocycles. The van der Waals surface area contributed by atoms with Gasteiger partial charge in [0.05, 0.1) is 0 Å². The molecule has 1 rings (SSSR count). The van der Waals surface area contributed by atoms with Gasteiger partial charge >= 0.3 is 0 Å². The van der Waals surface area contributed by atoms with Gasteiger partial charge in [0, 0.05) is 25.7 Å². The third kappa shape index (κ3) is 2.80. The second kappa shape index (κ2) is 5.89. The summed E-state index contributed by atoms with van der Waals surface area (Å²) in [6.45, 7) is 3.63. The second-order valence-corrected chi connectivity index (χ2v) is 3.95. The fraction of sp³-hybridized carbons (Fsp3) is 0.538. The minimum atomic E-state index is 0.0806. The van der Waals surface area contributed by atoms with Crippen LogP contribution in [0.25, 0.3) is 0 Å².